The SMILES string of the molecule is c1ccc2c(OC3CCCNC3)noc2c1. The molecule has 0 amide bonds. The summed E-state index contributed by atoms with van der Waals surface area (Å²) in [5.41, 5.74) is 0.779. The molecule has 0 radical (unpaired) electrons. The normalized spacial score (nSPS) is 21.1. The predicted molar refractivity (Wildman–Crippen MR) is 60.5 cm³/mol. The zero-order valence-electron chi connectivity index (χ0n) is 8.98. The molecule has 1 fully saturated rings. The number of ether oxygens (including phenoxy) is 1. The maximum atomic E-state index is 5.84. The first-order chi connectivity index (χ1) is 7.93. The van der Waals surface area contributed by atoms with Crippen LogP contribution in [-0.2, 0) is 0 Å². The number of hydrogen-bond acceptors (Lipinski definition) is 4. The monoisotopic (exact) mass is 218 g/mol. The van der Waals surface area contributed by atoms with E-state index in [1.54, 1.807) is 0 Å². The average Bonchev–Trinajstić information content (AvgIpc) is 2.74. The van der Waals surface area contributed by atoms with Gasteiger partial charge < -0.3 is 14.6 Å². The number of piperidine rings is 1. The lowest BCUT2D eigenvalue weighted by Crippen LogP contribution is -2.37. The Bertz CT molecular complexity index is 475. The van der Waals surface area contributed by atoms with Crippen molar-refractivity contribution in [3.05, 3.63) is 24.3 Å². The summed E-state index contributed by atoms with van der Waals surface area (Å²) in [6.45, 7) is 1.97. The summed E-state index contributed by atoms with van der Waals surface area (Å²) in [5, 5.41) is 8.23. The zero-order chi connectivity index (χ0) is 10.8. The van der Waals surface area contributed by atoms with Crippen LogP contribution in [0.15, 0.2) is 28.8 Å². The summed E-state index contributed by atoms with van der Waals surface area (Å²) in [5.74, 6) is 0.615. The van der Waals surface area contributed by atoms with E-state index in [4.69, 9.17) is 9.26 Å². The fourth-order valence-electron chi connectivity index (χ4n) is 2.03. The van der Waals surface area contributed by atoms with Crippen LogP contribution in [0.25, 0.3) is 11.0 Å². The third-order valence-electron chi connectivity index (χ3n) is 2.87. The van der Waals surface area contributed by atoms with Gasteiger partial charge in [0.05, 0.1) is 5.39 Å². The van der Waals surface area contributed by atoms with Crippen molar-refractivity contribution in [3.63, 3.8) is 0 Å². The van der Waals surface area contributed by atoms with Gasteiger partial charge in [-0.1, -0.05) is 12.1 Å². The zero-order valence-corrected chi connectivity index (χ0v) is 8.98. The third-order valence-corrected chi connectivity index (χ3v) is 2.87. The molecule has 4 heteroatoms. The molecule has 0 saturated carbocycles. The van der Waals surface area contributed by atoms with Crippen LogP contribution in [0.5, 0.6) is 5.88 Å². The first-order valence-corrected chi connectivity index (χ1v) is 5.65. The number of aromatic nitrogens is 1. The van der Waals surface area contributed by atoms with E-state index in [2.05, 4.69) is 10.5 Å². The lowest BCUT2D eigenvalue weighted by atomic mass is 10.1. The van der Waals surface area contributed by atoms with Gasteiger partial charge >= 0.3 is 0 Å². The number of benzene rings is 1. The molecule has 2 heterocycles. The minimum atomic E-state index is 0.210. The lowest BCUT2D eigenvalue weighted by Gasteiger charge is -2.22. The molecule has 4 nitrogen and oxygen atoms in total. The number of fused-ring (bicyclic) bond motifs is 1. The van der Waals surface area contributed by atoms with Gasteiger partial charge in [0.2, 0.25) is 0 Å². The van der Waals surface area contributed by atoms with E-state index >= 15 is 0 Å². The molecule has 16 heavy (non-hydrogen) atoms. The highest BCUT2D eigenvalue weighted by Crippen LogP contribution is 2.25. The molecule has 1 aromatic carbocycles. The molecule has 1 aliphatic heterocycles. The van der Waals surface area contributed by atoms with Crippen LogP contribution in [0, 0.1) is 0 Å². The van der Waals surface area contributed by atoms with E-state index in [9.17, 15) is 0 Å². The lowest BCUT2D eigenvalue weighted by molar-refractivity contribution is 0.155. The fourth-order valence-corrected chi connectivity index (χ4v) is 2.03. The highest BCUT2D eigenvalue weighted by atomic mass is 16.5. The third kappa shape index (κ3) is 1.76. The molecule has 3 rings (SSSR count). The molecular weight excluding hydrogens is 204 g/mol. The Hall–Kier alpha value is -1.55. The first kappa shape index (κ1) is 9.66. The highest BCUT2D eigenvalue weighted by Gasteiger charge is 2.17. The highest BCUT2D eigenvalue weighted by molar-refractivity contribution is 5.81. The van der Waals surface area contributed by atoms with Gasteiger partial charge in [0.25, 0.3) is 5.88 Å². The average molecular weight is 218 g/mol. The molecule has 0 bridgehead atoms. The molecule has 1 aromatic heterocycles. The molecule has 84 valence electrons. The maximum absolute atomic E-state index is 5.84. The molecule has 0 spiro atoms. The standard InChI is InChI=1S/C12H14N2O2/c1-2-6-11-10(5-1)12(14-16-11)15-9-4-3-7-13-8-9/h1-2,5-6,9,13H,3-4,7-8H2. The number of nitrogens with one attached hydrogen (secondary N) is 1. The van der Waals surface area contributed by atoms with Crippen LogP contribution in [0.2, 0.25) is 0 Å². The van der Waals surface area contributed by atoms with E-state index in [0.29, 0.717) is 5.88 Å². The van der Waals surface area contributed by atoms with Gasteiger partial charge in [-0.05, 0) is 36.7 Å². The van der Waals surface area contributed by atoms with E-state index < -0.39 is 0 Å². The summed E-state index contributed by atoms with van der Waals surface area (Å²) >= 11 is 0. The molecule has 1 atom stereocenters. The summed E-state index contributed by atoms with van der Waals surface area (Å²) in [6, 6.07) is 7.76. The van der Waals surface area contributed by atoms with E-state index in [1.165, 1.54) is 0 Å². The van der Waals surface area contributed by atoms with Gasteiger partial charge in [-0.15, -0.1) is 0 Å². The molecule has 1 unspecified atom stereocenters. The Kier molecular flexibility index (Phi) is 2.50. The van der Waals surface area contributed by atoms with E-state index in [-0.39, 0.29) is 6.10 Å². The number of para-hydroxylation sites is 1. The summed E-state index contributed by atoms with van der Waals surface area (Å²) in [4.78, 5) is 0. The predicted octanol–water partition coefficient (Wildman–Crippen LogP) is 1.96. The summed E-state index contributed by atoms with van der Waals surface area (Å²) < 4.78 is 11.0. The van der Waals surface area contributed by atoms with Crippen molar-refractivity contribution in [2.24, 2.45) is 0 Å². The van der Waals surface area contributed by atoms with Gasteiger partial charge in [0.1, 0.15) is 6.10 Å². The molecule has 0 aliphatic carbocycles. The van der Waals surface area contributed by atoms with Crippen LogP contribution in [-0.4, -0.2) is 24.4 Å². The molecular formula is C12H14N2O2. The van der Waals surface area contributed by atoms with Crippen molar-refractivity contribution in [2.45, 2.75) is 18.9 Å². The van der Waals surface area contributed by atoms with E-state index in [0.717, 1.165) is 36.9 Å². The Morgan fingerprint density at radius 2 is 2.31 bits per heavy atom. The van der Waals surface area contributed by atoms with Gasteiger partial charge in [-0.25, -0.2) is 0 Å². The Balaban J connectivity index is 1.83. The summed E-state index contributed by atoms with van der Waals surface area (Å²) in [7, 11) is 0. The van der Waals surface area contributed by atoms with Gasteiger partial charge in [0, 0.05) is 6.54 Å². The van der Waals surface area contributed by atoms with E-state index in [1.807, 2.05) is 24.3 Å². The Morgan fingerprint density at radius 1 is 1.38 bits per heavy atom. The van der Waals surface area contributed by atoms with Crippen molar-refractivity contribution in [2.75, 3.05) is 13.1 Å². The van der Waals surface area contributed by atoms with Crippen molar-refractivity contribution >= 4 is 11.0 Å². The Morgan fingerprint density at radius 3 is 3.19 bits per heavy atom. The minimum Gasteiger partial charge on any atom is -0.470 e. The minimum absolute atomic E-state index is 0.210. The van der Waals surface area contributed by atoms with Crippen LogP contribution in [0.1, 0.15) is 12.8 Å². The molecule has 1 N–H and O–H groups in total. The second-order valence-corrected chi connectivity index (χ2v) is 4.07. The van der Waals surface area contributed by atoms with Crippen molar-refractivity contribution in [1.82, 2.24) is 10.5 Å². The first-order valence-electron chi connectivity index (χ1n) is 5.65. The summed E-state index contributed by atoms with van der Waals surface area (Å²) in [6.07, 6.45) is 2.44. The van der Waals surface area contributed by atoms with Crippen LogP contribution in [0.3, 0.4) is 0 Å². The second kappa shape index (κ2) is 4.14. The van der Waals surface area contributed by atoms with Gasteiger partial charge in [-0.3, -0.25) is 0 Å². The van der Waals surface area contributed by atoms with Gasteiger partial charge in [0.15, 0.2) is 5.58 Å². The second-order valence-electron chi connectivity index (χ2n) is 4.07. The number of nitrogens with zero attached hydrogens (tertiary/aromatic N) is 1. The number of rotatable bonds is 2. The Labute approximate surface area is 93.6 Å². The topological polar surface area (TPSA) is 47.3 Å². The van der Waals surface area contributed by atoms with Crippen LogP contribution in [0.4, 0.5) is 0 Å². The van der Waals surface area contributed by atoms with Gasteiger partial charge in [-0.2, -0.15) is 0 Å². The van der Waals surface area contributed by atoms with Crippen molar-refractivity contribution in [3.8, 4) is 5.88 Å². The van der Waals surface area contributed by atoms with Crippen LogP contribution >= 0.6 is 0 Å². The maximum Gasteiger partial charge on any atom is 0.262 e. The van der Waals surface area contributed by atoms with Crippen molar-refractivity contribution < 1.29 is 9.26 Å². The van der Waals surface area contributed by atoms with Crippen LogP contribution < -0.4 is 10.1 Å². The molecule has 2 aromatic rings. The smallest absolute Gasteiger partial charge is 0.262 e. The number of hydrogen-bond donors (Lipinski definition) is 1. The van der Waals surface area contributed by atoms with Crippen molar-refractivity contribution in [1.29, 1.82) is 0 Å². The quantitative estimate of drug-likeness (QED) is 0.837. The fraction of sp³-hybridized carbons (Fsp3) is 0.417. The molecule has 1 saturated heterocycles. The largest absolute Gasteiger partial charge is 0.470 e. The molecule has 1 aliphatic rings.